The minimum atomic E-state index is -0.339. The zero-order valence-corrected chi connectivity index (χ0v) is 16.7. The zero-order valence-electron chi connectivity index (χ0n) is 16.7. The number of terminal acetylenes is 1. The van der Waals surface area contributed by atoms with Crippen LogP contribution in [0.1, 0.15) is 19.4 Å². The standard InChI is InChI=1S/C22H28N4O2/c1-4-12-24-13-15-25(16-14-24)17-18-9-10-20(21-19(18)8-7-11-23-21)28-22(27)26(5-2)6-3/h1,7-11H,5-6,12-17H2,2-3H3. The predicted octanol–water partition coefficient (Wildman–Crippen LogP) is 2.83. The Kier molecular flexibility index (Phi) is 6.85. The number of carbonyl (C=O) groups excluding carboxylic acids is 1. The van der Waals surface area contributed by atoms with Gasteiger partial charge >= 0.3 is 6.09 Å². The topological polar surface area (TPSA) is 48.9 Å². The molecule has 1 aromatic carbocycles. The van der Waals surface area contributed by atoms with Crippen molar-refractivity contribution in [2.45, 2.75) is 20.4 Å². The van der Waals surface area contributed by atoms with Crippen molar-refractivity contribution in [1.29, 1.82) is 0 Å². The van der Waals surface area contributed by atoms with E-state index in [2.05, 4.69) is 20.7 Å². The Bertz CT molecular complexity index is 849. The summed E-state index contributed by atoms with van der Waals surface area (Å²) in [6, 6.07) is 7.87. The third-order valence-corrected chi connectivity index (χ3v) is 5.22. The number of hydrogen-bond acceptors (Lipinski definition) is 5. The zero-order chi connectivity index (χ0) is 19.9. The van der Waals surface area contributed by atoms with Crippen LogP contribution in [0.5, 0.6) is 5.75 Å². The van der Waals surface area contributed by atoms with Gasteiger partial charge in [0.15, 0.2) is 5.75 Å². The van der Waals surface area contributed by atoms with E-state index in [1.165, 1.54) is 5.56 Å². The minimum absolute atomic E-state index is 0.339. The molecule has 1 aromatic heterocycles. The Morgan fingerprint density at radius 3 is 2.57 bits per heavy atom. The monoisotopic (exact) mass is 380 g/mol. The number of pyridine rings is 1. The van der Waals surface area contributed by atoms with Gasteiger partial charge in [-0.1, -0.05) is 18.1 Å². The van der Waals surface area contributed by atoms with Gasteiger partial charge in [-0.25, -0.2) is 4.79 Å². The third kappa shape index (κ3) is 4.61. The molecule has 1 amide bonds. The fourth-order valence-corrected chi connectivity index (χ4v) is 3.54. The number of carbonyl (C=O) groups is 1. The molecular weight excluding hydrogens is 352 g/mol. The van der Waals surface area contributed by atoms with Crippen LogP contribution in [-0.2, 0) is 6.54 Å². The second-order valence-corrected chi connectivity index (χ2v) is 6.92. The molecule has 1 fully saturated rings. The maximum Gasteiger partial charge on any atom is 0.415 e. The lowest BCUT2D eigenvalue weighted by molar-refractivity contribution is 0.139. The van der Waals surface area contributed by atoms with Crippen molar-refractivity contribution < 1.29 is 9.53 Å². The molecule has 0 N–H and O–H groups in total. The van der Waals surface area contributed by atoms with Crippen LogP contribution in [0.3, 0.4) is 0 Å². The first-order valence-corrected chi connectivity index (χ1v) is 9.87. The van der Waals surface area contributed by atoms with Gasteiger partial charge in [0.2, 0.25) is 0 Å². The average molecular weight is 380 g/mol. The lowest BCUT2D eigenvalue weighted by Crippen LogP contribution is -2.45. The summed E-state index contributed by atoms with van der Waals surface area (Å²) < 4.78 is 5.64. The molecule has 2 heterocycles. The number of amides is 1. The Balaban J connectivity index is 1.77. The number of piperazine rings is 1. The highest BCUT2D eigenvalue weighted by Crippen LogP contribution is 2.28. The second kappa shape index (κ2) is 9.54. The molecule has 1 aliphatic rings. The maximum absolute atomic E-state index is 12.4. The van der Waals surface area contributed by atoms with Gasteiger partial charge in [0, 0.05) is 57.4 Å². The van der Waals surface area contributed by atoms with E-state index in [9.17, 15) is 4.79 Å². The van der Waals surface area contributed by atoms with Crippen LogP contribution in [0.2, 0.25) is 0 Å². The lowest BCUT2D eigenvalue weighted by Gasteiger charge is -2.33. The summed E-state index contributed by atoms with van der Waals surface area (Å²) in [7, 11) is 0. The number of nitrogens with zero attached hydrogens (tertiary/aromatic N) is 4. The molecule has 0 unspecified atom stereocenters. The van der Waals surface area contributed by atoms with Gasteiger partial charge in [-0.15, -0.1) is 6.42 Å². The van der Waals surface area contributed by atoms with Crippen LogP contribution in [0.4, 0.5) is 4.79 Å². The SMILES string of the molecule is C#CCN1CCN(Cc2ccc(OC(=O)N(CC)CC)c3ncccc23)CC1. The van der Waals surface area contributed by atoms with E-state index in [-0.39, 0.29) is 6.09 Å². The van der Waals surface area contributed by atoms with Crippen LogP contribution in [0.15, 0.2) is 30.5 Å². The summed E-state index contributed by atoms with van der Waals surface area (Å²) in [6.45, 7) is 10.6. The second-order valence-electron chi connectivity index (χ2n) is 6.92. The fraction of sp³-hybridized carbons (Fsp3) is 0.455. The molecule has 0 spiro atoms. The normalized spacial score (nSPS) is 15.3. The van der Waals surface area contributed by atoms with Crippen molar-refractivity contribution in [1.82, 2.24) is 19.7 Å². The van der Waals surface area contributed by atoms with Gasteiger partial charge in [-0.2, -0.15) is 0 Å². The Morgan fingerprint density at radius 2 is 1.89 bits per heavy atom. The van der Waals surface area contributed by atoms with E-state index >= 15 is 0 Å². The molecule has 0 aliphatic carbocycles. The van der Waals surface area contributed by atoms with Crippen molar-refractivity contribution in [3.63, 3.8) is 0 Å². The van der Waals surface area contributed by atoms with E-state index in [4.69, 9.17) is 11.2 Å². The predicted molar refractivity (Wildman–Crippen MR) is 111 cm³/mol. The van der Waals surface area contributed by atoms with Gasteiger partial charge in [-0.3, -0.25) is 14.8 Å². The molecule has 1 saturated heterocycles. The first-order chi connectivity index (χ1) is 13.7. The van der Waals surface area contributed by atoms with E-state index in [0.717, 1.165) is 43.6 Å². The minimum Gasteiger partial charge on any atom is -0.408 e. The molecule has 6 heteroatoms. The van der Waals surface area contributed by atoms with Gasteiger partial charge in [0.05, 0.1) is 6.54 Å². The van der Waals surface area contributed by atoms with Gasteiger partial charge < -0.3 is 9.64 Å². The molecule has 0 atom stereocenters. The molecule has 0 saturated carbocycles. The Labute approximate surface area is 167 Å². The van der Waals surface area contributed by atoms with E-state index in [1.54, 1.807) is 11.1 Å². The molecule has 0 bridgehead atoms. The molecule has 3 rings (SSSR count). The van der Waals surface area contributed by atoms with Crippen LogP contribution in [0, 0.1) is 12.3 Å². The molecule has 1 aliphatic heterocycles. The highest BCUT2D eigenvalue weighted by atomic mass is 16.6. The maximum atomic E-state index is 12.4. The lowest BCUT2D eigenvalue weighted by atomic mass is 10.1. The highest BCUT2D eigenvalue weighted by molar-refractivity contribution is 5.89. The number of hydrogen-bond donors (Lipinski definition) is 0. The number of rotatable bonds is 6. The molecule has 6 nitrogen and oxygen atoms in total. The summed E-state index contributed by atoms with van der Waals surface area (Å²) in [4.78, 5) is 23.2. The van der Waals surface area contributed by atoms with Crippen molar-refractivity contribution in [2.24, 2.45) is 0 Å². The first kappa shape index (κ1) is 20.1. The van der Waals surface area contributed by atoms with Gasteiger partial charge in [0.25, 0.3) is 0 Å². The van der Waals surface area contributed by atoms with Gasteiger partial charge in [0.1, 0.15) is 5.52 Å². The Morgan fingerprint density at radius 1 is 1.18 bits per heavy atom. The number of ether oxygens (including phenoxy) is 1. The van der Waals surface area contributed by atoms with Crippen molar-refractivity contribution in [3.8, 4) is 18.1 Å². The van der Waals surface area contributed by atoms with Crippen LogP contribution >= 0.6 is 0 Å². The quantitative estimate of drug-likeness (QED) is 0.722. The number of benzene rings is 1. The number of fused-ring (bicyclic) bond motifs is 1. The fourth-order valence-electron chi connectivity index (χ4n) is 3.54. The highest BCUT2D eigenvalue weighted by Gasteiger charge is 2.19. The van der Waals surface area contributed by atoms with Crippen molar-refractivity contribution >= 4 is 17.0 Å². The van der Waals surface area contributed by atoms with E-state index in [0.29, 0.717) is 25.4 Å². The molecular formula is C22H28N4O2. The van der Waals surface area contributed by atoms with Crippen LogP contribution in [-0.4, -0.2) is 71.6 Å². The summed E-state index contributed by atoms with van der Waals surface area (Å²) in [5, 5.41) is 1.03. The molecule has 148 valence electrons. The summed E-state index contributed by atoms with van der Waals surface area (Å²) in [6.07, 6.45) is 6.81. The van der Waals surface area contributed by atoms with Gasteiger partial charge in [-0.05, 0) is 31.5 Å². The molecule has 0 radical (unpaired) electrons. The third-order valence-electron chi connectivity index (χ3n) is 5.22. The van der Waals surface area contributed by atoms with E-state index in [1.807, 2.05) is 38.1 Å². The molecule has 2 aromatic rings. The van der Waals surface area contributed by atoms with E-state index < -0.39 is 0 Å². The first-order valence-electron chi connectivity index (χ1n) is 9.87. The Hall–Kier alpha value is -2.62. The van der Waals surface area contributed by atoms with Crippen LogP contribution < -0.4 is 4.74 Å². The summed E-state index contributed by atoms with van der Waals surface area (Å²) in [5.74, 6) is 3.23. The van der Waals surface area contributed by atoms with Crippen molar-refractivity contribution in [3.05, 3.63) is 36.0 Å². The largest absolute Gasteiger partial charge is 0.415 e. The smallest absolute Gasteiger partial charge is 0.408 e. The van der Waals surface area contributed by atoms with Crippen LogP contribution in [0.25, 0.3) is 10.9 Å². The average Bonchev–Trinajstić information content (AvgIpc) is 2.72. The van der Waals surface area contributed by atoms with Crippen molar-refractivity contribution in [2.75, 3.05) is 45.8 Å². The summed E-state index contributed by atoms with van der Waals surface area (Å²) in [5.41, 5.74) is 1.92. The summed E-state index contributed by atoms with van der Waals surface area (Å²) >= 11 is 0. The number of aromatic nitrogens is 1. The molecule has 28 heavy (non-hydrogen) atoms.